The highest BCUT2D eigenvalue weighted by Gasteiger charge is 2.37. The van der Waals surface area contributed by atoms with Crippen LogP contribution in [0.2, 0.25) is 0 Å². The fraction of sp³-hybridized carbons (Fsp3) is 0.667. The van der Waals surface area contributed by atoms with Crippen molar-refractivity contribution in [3.8, 4) is 0 Å². The van der Waals surface area contributed by atoms with Crippen LogP contribution in [-0.4, -0.2) is 28.9 Å². The lowest BCUT2D eigenvalue weighted by Crippen LogP contribution is -2.45. The third kappa shape index (κ3) is 3.07. The first-order chi connectivity index (χ1) is 10.8. The average Bonchev–Trinajstić information content (AvgIpc) is 2.77. The van der Waals surface area contributed by atoms with Gasteiger partial charge in [-0.25, -0.2) is 0 Å². The Bertz CT molecular complexity index is 644. The van der Waals surface area contributed by atoms with Crippen LogP contribution >= 0.6 is 0 Å². The van der Waals surface area contributed by atoms with Crippen LogP contribution < -0.4 is 5.32 Å². The summed E-state index contributed by atoms with van der Waals surface area (Å²) in [4.78, 5) is 24.9. The normalized spacial score (nSPS) is 26.7. The van der Waals surface area contributed by atoms with Crippen LogP contribution in [0.4, 0.5) is 0 Å². The quantitative estimate of drug-likeness (QED) is 0.878. The highest BCUT2D eigenvalue weighted by molar-refractivity contribution is 6.03. The van der Waals surface area contributed by atoms with Gasteiger partial charge in [-0.1, -0.05) is 26.7 Å². The standard InChI is InChI=1S/C18H25NO4/c1-10-15-13(21)8-18(2,3)9-14(15)23-16(10)17(22)19-11-6-4-5-7-12(11)20/h11-12,20H,4-9H2,1-3H3,(H,19,22). The molecule has 126 valence electrons. The van der Waals surface area contributed by atoms with Crippen LogP contribution in [0.1, 0.15) is 78.2 Å². The molecule has 2 N–H and O–H groups in total. The molecule has 1 amide bonds. The van der Waals surface area contributed by atoms with Crippen molar-refractivity contribution in [3.63, 3.8) is 0 Å². The van der Waals surface area contributed by atoms with E-state index in [4.69, 9.17) is 4.42 Å². The summed E-state index contributed by atoms with van der Waals surface area (Å²) in [7, 11) is 0. The summed E-state index contributed by atoms with van der Waals surface area (Å²) < 4.78 is 5.77. The maximum Gasteiger partial charge on any atom is 0.287 e. The van der Waals surface area contributed by atoms with Gasteiger partial charge in [0, 0.05) is 18.4 Å². The molecule has 2 unspecified atom stereocenters. The van der Waals surface area contributed by atoms with E-state index in [1.54, 1.807) is 6.92 Å². The summed E-state index contributed by atoms with van der Waals surface area (Å²) in [6.45, 7) is 5.83. The van der Waals surface area contributed by atoms with Gasteiger partial charge < -0.3 is 14.8 Å². The number of rotatable bonds is 2. The maximum atomic E-state index is 12.5. The first-order valence-corrected chi connectivity index (χ1v) is 8.43. The van der Waals surface area contributed by atoms with E-state index in [1.807, 2.05) is 13.8 Å². The second-order valence-electron chi connectivity index (χ2n) is 7.73. The number of furan rings is 1. The molecule has 1 heterocycles. The summed E-state index contributed by atoms with van der Waals surface area (Å²) in [5, 5.41) is 12.9. The van der Waals surface area contributed by atoms with E-state index in [0.717, 1.165) is 19.3 Å². The zero-order chi connectivity index (χ0) is 16.8. The van der Waals surface area contributed by atoms with Crippen LogP contribution in [-0.2, 0) is 6.42 Å². The molecule has 0 spiro atoms. The van der Waals surface area contributed by atoms with E-state index < -0.39 is 6.10 Å². The molecule has 5 heteroatoms. The number of aliphatic hydroxyl groups excluding tert-OH is 1. The number of fused-ring (bicyclic) bond motifs is 1. The maximum absolute atomic E-state index is 12.5. The molecule has 0 aliphatic heterocycles. The molecule has 0 radical (unpaired) electrons. The van der Waals surface area contributed by atoms with Crippen molar-refractivity contribution in [2.75, 3.05) is 0 Å². The van der Waals surface area contributed by atoms with Gasteiger partial charge in [0.25, 0.3) is 5.91 Å². The first-order valence-electron chi connectivity index (χ1n) is 8.43. The summed E-state index contributed by atoms with van der Waals surface area (Å²) in [6.07, 6.45) is 4.12. The van der Waals surface area contributed by atoms with Crippen LogP contribution in [0.25, 0.3) is 0 Å². The van der Waals surface area contributed by atoms with E-state index >= 15 is 0 Å². The van der Waals surface area contributed by atoms with Gasteiger partial charge in [0.2, 0.25) is 0 Å². The number of aliphatic hydroxyl groups is 1. The Balaban J connectivity index is 1.84. The van der Waals surface area contributed by atoms with Crippen molar-refractivity contribution in [1.82, 2.24) is 5.32 Å². The lowest BCUT2D eigenvalue weighted by atomic mass is 9.76. The van der Waals surface area contributed by atoms with E-state index in [0.29, 0.717) is 36.1 Å². The van der Waals surface area contributed by atoms with Gasteiger partial charge in [-0.3, -0.25) is 9.59 Å². The minimum Gasteiger partial charge on any atom is -0.455 e. The molecule has 23 heavy (non-hydrogen) atoms. The van der Waals surface area contributed by atoms with Crippen LogP contribution in [0.15, 0.2) is 4.42 Å². The van der Waals surface area contributed by atoms with Gasteiger partial charge in [0.05, 0.1) is 17.7 Å². The first kappa shape index (κ1) is 16.2. The van der Waals surface area contributed by atoms with Gasteiger partial charge >= 0.3 is 0 Å². The van der Waals surface area contributed by atoms with Crippen molar-refractivity contribution >= 4 is 11.7 Å². The lowest BCUT2D eigenvalue weighted by molar-refractivity contribution is 0.0694. The molecule has 0 bridgehead atoms. The summed E-state index contributed by atoms with van der Waals surface area (Å²) in [5.41, 5.74) is 1.07. The van der Waals surface area contributed by atoms with Gasteiger partial charge in [-0.2, -0.15) is 0 Å². The van der Waals surface area contributed by atoms with Gasteiger partial charge in [-0.15, -0.1) is 0 Å². The number of hydrogen-bond donors (Lipinski definition) is 2. The molecular weight excluding hydrogens is 294 g/mol. The van der Waals surface area contributed by atoms with E-state index in [2.05, 4.69) is 5.32 Å². The molecule has 1 saturated carbocycles. The van der Waals surface area contributed by atoms with Crippen molar-refractivity contribution in [1.29, 1.82) is 0 Å². The number of hydrogen-bond acceptors (Lipinski definition) is 4. The van der Waals surface area contributed by atoms with Crippen molar-refractivity contribution in [2.45, 2.75) is 71.4 Å². The van der Waals surface area contributed by atoms with Gasteiger partial charge in [0.15, 0.2) is 11.5 Å². The predicted octanol–water partition coefficient (Wildman–Crippen LogP) is 2.78. The molecule has 0 aromatic carbocycles. The SMILES string of the molecule is Cc1c(C(=O)NC2CCCCC2O)oc2c1C(=O)CC(C)(C)C2. The second kappa shape index (κ2) is 5.78. The highest BCUT2D eigenvalue weighted by Crippen LogP contribution is 2.38. The molecule has 2 aliphatic rings. The monoisotopic (exact) mass is 319 g/mol. The Labute approximate surface area is 136 Å². The largest absolute Gasteiger partial charge is 0.455 e. The molecule has 2 aliphatic carbocycles. The molecule has 5 nitrogen and oxygen atoms in total. The lowest BCUT2D eigenvalue weighted by Gasteiger charge is -2.28. The summed E-state index contributed by atoms with van der Waals surface area (Å²) >= 11 is 0. The number of carbonyl (C=O) groups excluding carboxylic acids is 2. The zero-order valence-corrected chi connectivity index (χ0v) is 14.1. The van der Waals surface area contributed by atoms with Gasteiger partial charge in [-0.05, 0) is 25.2 Å². The third-order valence-corrected chi connectivity index (χ3v) is 5.03. The fourth-order valence-electron chi connectivity index (χ4n) is 3.81. The highest BCUT2D eigenvalue weighted by atomic mass is 16.4. The smallest absolute Gasteiger partial charge is 0.287 e. The average molecular weight is 319 g/mol. The summed E-state index contributed by atoms with van der Waals surface area (Å²) in [5.74, 6) is 0.569. The Morgan fingerprint density at radius 3 is 2.65 bits per heavy atom. The zero-order valence-electron chi connectivity index (χ0n) is 14.1. The Hall–Kier alpha value is -1.62. The number of Topliss-reactive ketones (excluding diaryl/α,β-unsaturated/α-hetero) is 1. The minimum atomic E-state index is -0.502. The van der Waals surface area contributed by atoms with Crippen molar-refractivity contribution in [3.05, 3.63) is 22.6 Å². The Kier molecular flexibility index (Phi) is 4.08. The fourth-order valence-corrected chi connectivity index (χ4v) is 3.81. The number of carbonyl (C=O) groups is 2. The number of amides is 1. The van der Waals surface area contributed by atoms with Crippen LogP contribution in [0.3, 0.4) is 0 Å². The topological polar surface area (TPSA) is 79.5 Å². The molecule has 3 rings (SSSR count). The van der Waals surface area contributed by atoms with Crippen molar-refractivity contribution < 1.29 is 19.1 Å². The predicted molar refractivity (Wildman–Crippen MR) is 85.6 cm³/mol. The summed E-state index contributed by atoms with van der Waals surface area (Å²) in [6, 6.07) is -0.232. The van der Waals surface area contributed by atoms with Crippen LogP contribution in [0, 0.1) is 12.3 Å². The van der Waals surface area contributed by atoms with E-state index in [-0.39, 0.29) is 28.9 Å². The Morgan fingerprint density at radius 2 is 1.96 bits per heavy atom. The molecule has 1 fully saturated rings. The second-order valence-corrected chi connectivity index (χ2v) is 7.73. The Morgan fingerprint density at radius 1 is 1.26 bits per heavy atom. The molecule has 0 saturated heterocycles. The van der Waals surface area contributed by atoms with E-state index in [9.17, 15) is 14.7 Å². The van der Waals surface area contributed by atoms with Gasteiger partial charge in [0.1, 0.15) is 5.76 Å². The number of nitrogens with one attached hydrogen (secondary N) is 1. The van der Waals surface area contributed by atoms with E-state index in [1.165, 1.54) is 0 Å². The number of ketones is 1. The molecule has 2 atom stereocenters. The van der Waals surface area contributed by atoms with Crippen molar-refractivity contribution in [2.24, 2.45) is 5.41 Å². The van der Waals surface area contributed by atoms with Crippen LogP contribution in [0.5, 0.6) is 0 Å². The molecular formula is C18H25NO4. The molecule has 1 aromatic heterocycles. The minimum absolute atomic E-state index is 0.0502. The molecule has 1 aromatic rings. The third-order valence-electron chi connectivity index (χ3n) is 5.03.